The Morgan fingerprint density at radius 2 is 2.08 bits per heavy atom. The molecule has 0 heterocycles. The maximum atomic E-state index is 6.62. The van der Waals surface area contributed by atoms with Gasteiger partial charge < -0.3 is 4.85 Å². The molecule has 0 aliphatic heterocycles. The van der Waals surface area contributed by atoms with E-state index in [1.54, 1.807) is 0 Å². The minimum Gasteiger partial charge on any atom is -0.317 e. The molecule has 1 aliphatic carbocycles. The van der Waals surface area contributed by atoms with Crippen LogP contribution in [0.15, 0.2) is 29.5 Å². The fraction of sp³-hybridized carbons (Fsp3) is 0.500. The summed E-state index contributed by atoms with van der Waals surface area (Å²) in [4.78, 5) is 3.33. The predicted molar refractivity (Wildman–Crippen MR) is 55.3 cm³/mol. The molecule has 0 bridgehead atoms. The Morgan fingerprint density at radius 3 is 2.77 bits per heavy atom. The summed E-state index contributed by atoms with van der Waals surface area (Å²) in [5.41, 5.74) is 4.51. The Labute approximate surface area is 80.3 Å². The van der Waals surface area contributed by atoms with Crippen LogP contribution in [0.5, 0.6) is 0 Å². The van der Waals surface area contributed by atoms with Gasteiger partial charge in [-0.15, -0.1) is 5.73 Å². The van der Waals surface area contributed by atoms with Gasteiger partial charge in [0.2, 0.25) is 6.54 Å². The first kappa shape index (κ1) is 9.84. The molecule has 1 aliphatic rings. The van der Waals surface area contributed by atoms with E-state index in [2.05, 4.69) is 16.7 Å². The molecule has 0 aromatic rings. The van der Waals surface area contributed by atoms with Gasteiger partial charge in [-0.2, -0.15) is 0 Å². The molecular weight excluding hydrogens is 158 g/mol. The van der Waals surface area contributed by atoms with E-state index in [0.717, 1.165) is 12.8 Å². The van der Waals surface area contributed by atoms with Crippen molar-refractivity contribution in [2.24, 2.45) is 0 Å². The molecule has 1 rings (SSSR count). The van der Waals surface area contributed by atoms with Gasteiger partial charge in [0.1, 0.15) is 0 Å². The van der Waals surface area contributed by atoms with E-state index in [9.17, 15) is 0 Å². The molecule has 0 unspecified atom stereocenters. The van der Waals surface area contributed by atoms with Crippen LogP contribution in [-0.4, -0.2) is 6.54 Å². The zero-order valence-corrected chi connectivity index (χ0v) is 7.92. The first-order chi connectivity index (χ1) is 6.43. The first-order valence-corrected chi connectivity index (χ1v) is 4.89. The SMILES string of the molecule is [C-]#[N+]CCCCCCC1=C=CC=C1. The van der Waals surface area contributed by atoms with E-state index < -0.39 is 0 Å². The van der Waals surface area contributed by atoms with E-state index in [-0.39, 0.29) is 0 Å². The van der Waals surface area contributed by atoms with Crippen molar-refractivity contribution in [2.75, 3.05) is 6.54 Å². The molecule has 68 valence electrons. The molecule has 0 atom stereocenters. The van der Waals surface area contributed by atoms with Crippen LogP contribution in [0, 0.1) is 6.57 Å². The zero-order chi connectivity index (χ0) is 9.36. The number of allylic oxidation sites excluding steroid dienone is 3. The lowest BCUT2D eigenvalue weighted by Gasteiger charge is -1.97. The molecular formula is C12H15N. The summed E-state index contributed by atoms with van der Waals surface area (Å²) < 4.78 is 0. The topological polar surface area (TPSA) is 4.36 Å². The minimum absolute atomic E-state index is 0.697. The van der Waals surface area contributed by atoms with Gasteiger partial charge in [-0.3, -0.25) is 0 Å². The smallest absolute Gasteiger partial charge is 0.214 e. The fourth-order valence-corrected chi connectivity index (χ4v) is 1.38. The lowest BCUT2D eigenvalue weighted by molar-refractivity contribution is 0.662. The Morgan fingerprint density at radius 1 is 1.23 bits per heavy atom. The van der Waals surface area contributed by atoms with Crippen molar-refractivity contribution >= 4 is 0 Å². The van der Waals surface area contributed by atoms with Gasteiger partial charge in [0.15, 0.2) is 0 Å². The molecule has 0 aromatic carbocycles. The Hall–Kier alpha value is -1.25. The lowest BCUT2D eigenvalue weighted by atomic mass is 10.1. The minimum atomic E-state index is 0.697. The van der Waals surface area contributed by atoms with E-state index >= 15 is 0 Å². The maximum Gasteiger partial charge on any atom is 0.214 e. The van der Waals surface area contributed by atoms with Crippen LogP contribution in [0.2, 0.25) is 0 Å². The van der Waals surface area contributed by atoms with Crippen molar-refractivity contribution in [1.82, 2.24) is 0 Å². The van der Waals surface area contributed by atoms with Crippen molar-refractivity contribution in [3.8, 4) is 0 Å². The highest BCUT2D eigenvalue weighted by Gasteiger charge is 1.95. The largest absolute Gasteiger partial charge is 0.317 e. The van der Waals surface area contributed by atoms with Crippen LogP contribution < -0.4 is 0 Å². The zero-order valence-electron chi connectivity index (χ0n) is 7.92. The Balaban J connectivity index is 1.93. The molecule has 1 nitrogen and oxygen atoms in total. The lowest BCUT2D eigenvalue weighted by Crippen LogP contribution is -1.82. The van der Waals surface area contributed by atoms with Gasteiger partial charge in [-0.1, -0.05) is 18.6 Å². The van der Waals surface area contributed by atoms with Crippen molar-refractivity contribution in [2.45, 2.75) is 32.1 Å². The number of nitrogens with zero attached hydrogens (tertiary/aromatic N) is 1. The number of hydrogen-bond acceptors (Lipinski definition) is 0. The summed E-state index contributed by atoms with van der Waals surface area (Å²) in [5.74, 6) is 0. The van der Waals surface area contributed by atoms with Crippen LogP contribution in [0.25, 0.3) is 4.85 Å². The Kier molecular flexibility index (Phi) is 4.76. The molecule has 0 spiro atoms. The van der Waals surface area contributed by atoms with Gasteiger partial charge in [-0.25, -0.2) is 6.57 Å². The summed E-state index contributed by atoms with van der Waals surface area (Å²) in [7, 11) is 0. The molecule has 1 heteroatoms. The normalized spacial score (nSPS) is 13.0. The van der Waals surface area contributed by atoms with Gasteiger partial charge in [0.05, 0.1) is 0 Å². The summed E-state index contributed by atoms with van der Waals surface area (Å²) in [6.07, 6.45) is 12.0. The van der Waals surface area contributed by atoms with Gasteiger partial charge in [0, 0.05) is 6.42 Å². The summed E-state index contributed by atoms with van der Waals surface area (Å²) in [5, 5.41) is 0. The second kappa shape index (κ2) is 6.29. The van der Waals surface area contributed by atoms with Crippen molar-refractivity contribution in [1.29, 1.82) is 0 Å². The highest BCUT2D eigenvalue weighted by molar-refractivity contribution is 5.28. The third kappa shape index (κ3) is 4.35. The van der Waals surface area contributed by atoms with Crippen molar-refractivity contribution in [3.63, 3.8) is 0 Å². The highest BCUT2D eigenvalue weighted by atomic mass is 14.6. The van der Waals surface area contributed by atoms with Crippen LogP contribution in [0.3, 0.4) is 0 Å². The second-order valence-corrected chi connectivity index (χ2v) is 3.24. The third-order valence-corrected chi connectivity index (χ3v) is 2.13. The number of unbranched alkanes of at least 4 members (excludes halogenated alkanes) is 3. The van der Waals surface area contributed by atoms with Crippen LogP contribution in [0.1, 0.15) is 32.1 Å². The van der Waals surface area contributed by atoms with Crippen LogP contribution in [-0.2, 0) is 0 Å². The van der Waals surface area contributed by atoms with Gasteiger partial charge in [-0.05, 0) is 30.9 Å². The van der Waals surface area contributed by atoms with Crippen LogP contribution in [0.4, 0.5) is 0 Å². The monoisotopic (exact) mass is 173 g/mol. The average Bonchev–Trinajstić information content (AvgIpc) is 2.63. The fourth-order valence-electron chi connectivity index (χ4n) is 1.38. The van der Waals surface area contributed by atoms with Crippen molar-refractivity contribution < 1.29 is 0 Å². The van der Waals surface area contributed by atoms with E-state index in [4.69, 9.17) is 6.57 Å². The molecule has 0 N–H and O–H groups in total. The number of hydrogen-bond donors (Lipinski definition) is 0. The quantitative estimate of drug-likeness (QED) is 0.329. The van der Waals surface area contributed by atoms with E-state index in [0.29, 0.717) is 6.54 Å². The molecule has 0 aromatic heterocycles. The summed E-state index contributed by atoms with van der Waals surface area (Å²) >= 11 is 0. The molecule has 0 saturated carbocycles. The summed E-state index contributed by atoms with van der Waals surface area (Å²) in [6, 6.07) is 0. The molecule has 0 amide bonds. The average molecular weight is 173 g/mol. The molecule has 0 radical (unpaired) electrons. The second-order valence-electron chi connectivity index (χ2n) is 3.24. The Bertz CT molecular complexity index is 272. The standard InChI is InChI=1S/C12H15N/c1-13-11-7-3-2-4-8-12-9-5-6-10-12/h5-6,9H,2-4,7-8,11H2. The molecule has 0 saturated heterocycles. The predicted octanol–water partition coefficient (Wildman–Crippen LogP) is 3.51. The van der Waals surface area contributed by atoms with Gasteiger partial charge in [0.25, 0.3) is 0 Å². The summed E-state index contributed by atoms with van der Waals surface area (Å²) in [6.45, 7) is 7.31. The van der Waals surface area contributed by atoms with E-state index in [1.807, 2.05) is 12.2 Å². The first-order valence-electron chi connectivity index (χ1n) is 4.89. The molecule has 13 heavy (non-hydrogen) atoms. The maximum absolute atomic E-state index is 6.62. The van der Waals surface area contributed by atoms with E-state index in [1.165, 1.54) is 24.8 Å². The van der Waals surface area contributed by atoms with Crippen molar-refractivity contribution in [3.05, 3.63) is 40.9 Å². The molecule has 0 fully saturated rings. The highest BCUT2D eigenvalue weighted by Crippen LogP contribution is 2.12. The third-order valence-electron chi connectivity index (χ3n) is 2.13. The van der Waals surface area contributed by atoms with Crippen LogP contribution >= 0.6 is 0 Å². The van der Waals surface area contributed by atoms with Gasteiger partial charge >= 0.3 is 0 Å². The number of rotatable bonds is 6.